The first-order valence-corrected chi connectivity index (χ1v) is 7.04. The summed E-state index contributed by atoms with van der Waals surface area (Å²) in [7, 11) is -4.02. The lowest BCUT2D eigenvalue weighted by Gasteiger charge is -1.95. The smallest absolute Gasteiger partial charge is 0.294 e. The SMILES string of the molecule is CC(=O)CCC[NH3+].Cc1ccc(S(=O)(=O)O)cc1. The molecule has 0 aliphatic rings. The van der Waals surface area contributed by atoms with Crippen LogP contribution in [0.5, 0.6) is 0 Å². The van der Waals surface area contributed by atoms with Gasteiger partial charge in [-0.05, 0) is 26.0 Å². The zero-order chi connectivity index (χ0) is 14.2. The molecule has 0 spiro atoms. The van der Waals surface area contributed by atoms with Crippen LogP contribution in [0.15, 0.2) is 29.2 Å². The normalized spacial score (nSPS) is 10.4. The molecule has 5 nitrogen and oxygen atoms in total. The number of ketones is 1. The first-order valence-electron chi connectivity index (χ1n) is 5.60. The third-order valence-corrected chi connectivity index (χ3v) is 2.97. The van der Waals surface area contributed by atoms with Gasteiger partial charge >= 0.3 is 0 Å². The zero-order valence-electron chi connectivity index (χ0n) is 10.7. The van der Waals surface area contributed by atoms with E-state index in [0.717, 1.165) is 18.5 Å². The van der Waals surface area contributed by atoms with Gasteiger partial charge in [-0.2, -0.15) is 8.42 Å². The first kappa shape index (κ1) is 16.8. The van der Waals surface area contributed by atoms with E-state index in [4.69, 9.17) is 4.55 Å². The predicted octanol–water partition coefficient (Wildman–Crippen LogP) is 0.839. The topological polar surface area (TPSA) is 99.1 Å². The summed E-state index contributed by atoms with van der Waals surface area (Å²) in [4.78, 5) is 10.1. The van der Waals surface area contributed by atoms with Crippen LogP contribution in [0.3, 0.4) is 0 Å². The minimum Gasteiger partial charge on any atom is -0.358 e. The van der Waals surface area contributed by atoms with Crippen molar-refractivity contribution in [3.63, 3.8) is 0 Å². The van der Waals surface area contributed by atoms with E-state index in [-0.39, 0.29) is 10.7 Å². The maximum Gasteiger partial charge on any atom is 0.294 e. The van der Waals surface area contributed by atoms with Gasteiger partial charge in [-0.25, -0.2) is 0 Å². The Morgan fingerprint density at radius 1 is 1.28 bits per heavy atom. The summed E-state index contributed by atoms with van der Waals surface area (Å²) < 4.78 is 29.6. The van der Waals surface area contributed by atoms with Crippen LogP contribution in [0, 0.1) is 6.92 Å². The molecule has 4 N–H and O–H groups in total. The molecule has 0 fully saturated rings. The van der Waals surface area contributed by atoms with Crippen LogP contribution in [0.2, 0.25) is 0 Å². The van der Waals surface area contributed by atoms with Gasteiger partial charge in [0.05, 0.1) is 11.4 Å². The maximum absolute atomic E-state index is 10.5. The Morgan fingerprint density at radius 3 is 2.06 bits per heavy atom. The van der Waals surface area contributed by atoms with E-state index in [1.165, 1.54) is 12.1 Å². The molecule has 0 unspecified atom stereocenters. The standard InChI is InChI=1S/C7H8O3S.C5H11NO/c1-6-2-4-7(5-3-6)11(8,9)10;1-5(7)3-2-4-6/h2-5H,1H3,(H,8,9,10);2-4,6H2,1H3/p+1. The van der Waals surface area contributed by atoms with Gasteiger partial charge in [0, 0.05) is 12.8 Å². The van der Waals surface area contributed by atoms with Crippen molar-refractivity contribution in [1.29, 1.82) is 0 Å². The monoisotopic (exact) mass is 274 g/mol. The van der Waals surface area contributed by atoms with Gasteiger partial charge in [0.1, 0.15) is 5.78 Å². The van der Waals surface area contributed by atoms with Gasteiger partial charge in [-0.1, -0.05) is 17.7 Å². The van der Waals surface area contributed by atoms with Crippen molar-refractivity contribution in [3.8, 4) is 0 Å². The van der Waals surface area contributed by atoms with Gasteiger partial charge in [-0.15, -0.1) is 0 Å². The summed E-state index contributed by atoms with van der Waals surface area (Å²) in [5.74, 6) is 0.267. The molecule has 0 aliphatic heterocycles. The fraction of sp³-hybridized carbons (Fsp3) is 0.417. The van der Waals surface area contributed by atoms with E-state index >= 15 is 0 Å². The molecule has 0 atom stereocenters. The third kappa shape index (κ3) is 7.94. The number of hydrogen-bond acceptors (Lipinski definition) is 3. The average Bonchev–Trinajstić information content (AvgIpc) is 2.26. The van der Waals surface area contributed by atoms with Crippen molar-refractivity contribution in [2.24, 2.45) is 0 Å². The van der Waals surface area contributed by atoms with E-state index in [1.54, 1.807) is 19.1 Å². The quantitative estimate of drug-likeness (QED) is 0.795. The Kier molecular flexibility index (Phi) is 7.42. The predicted molar refractivity (Wildman–Crippen MR) is 68.7 cm³/mol. The number of hydrogen-bond donors (Lipinski definition) is 2. The van der Waals surface area contributed by atoms with Crippen LogP contribution >= 0.6 is 0 Å². The third-order valence-electron chi connectivity index (χ3n) is 2.10. The van der Waals surface area contributed by atoms with Gasteiger partial charge in [-0.3, -0.25) is 4.55 Å². The number of carbonyl (C=O) groups excluding carboxylic acids is 1. The Balaban J connectivity index is 0.000000360. The van der Waals surface area contributed by atoms with Crippen molar-refractivity contribution in [2.75, 3.05) is 6.54 Å². The molecule has 0 amide bonds. The number of aryl methyl sites for hydroxylation is 1. The second kappa shape index (κ2) is 7.97. The van der Waals surface area contributed by atoms with E-state index < -0.39 is 10.1 Å². The summed E-state index contributed by atoms with van der Waals surface area (Å²) in [6, 6.07) is 5.99. The highest BCUT2D eigenvalue weighted by Gasteiger charge is 2.06. The molecule has 0 heterocycles. The Labute approximate surface area is 108 Å². The molecule has 0 aromatic heterocycles. The summed E-state index contributed by atoms with van der Waals surface area (Å²) in [6.07, 6.45) is 1.64. The van der Waals surface area contributed by atoms with Crippen molar-refractivity contribution in [2.45, 2.75) is 31.6 Å². The lowest BCUT2D eigenvalue weighted by atomic mass is 10.2. The number of carbonyl (C=O) groups is 1. The van der Waals surface area contributed by atoms with Gasteiger partial charge in [0.2, 0.25) is 0 Å². The number of benzene rings is 1. The highest BCUT2D eigenvalue weighted by Crippen LogP contribution is 2.08. The molecule has 18 heavy (non-hydrogen) atoms. The second-order valence-corrected chi connectivity index (χ2v) is 5.37. The number of rotatable bonds is 4. The first-order chi connectivity index (χ1) is 8.27. The highest BCUT2D eigenvalue weighted by atomic mass is 32.2. The molecule has 0 radical (unpaired) electrons. The van der Waals surface area contributed by atoms with Gasteiger partial charge in [0.25, 0.3) is 10.1 Å². The van der Waals surface area contributed by atoms with Crippen LogP contribution in [0.25, 0.3) is 0 Å². The molecular formula is C12H20NO4S+. The Hall–Kier alpha value is -1.24. The summed E-state index contributed by atoms with van der Waals surface area (Å²) >= 11 is 0. The van der Waals surface area contributed by atoms with E-state index in [0.29, 0.717) is 6.42 Å². The molecule has 0 saturated heterocycles. The maximum atomic E-state index is 10.5. The highest BCUT2D eigenvalue weighted by molar-refractivity contribution is 7.85. The molecule has 102 valence electrons. The average molecular weight is 274 g/mol. The molecule has 0 bridgehead atoms. The van der Waals surface area contributed by atoms with Crippen molar-refractivity contribution in [3.05, 3.63) is 29.8 Å². The van der Waals surface area contributed by atoms with Crippen LogP contribution in [-0.2, 0) is 14.9 Å². The molecule has 0 aliphatic carbocycles. The van der Waals surface area contributed by atoms with E-state index in [1.807, 2.05) is 6.92 Å². The summed E-state index contributed by atoms with van der Waals surface area (Å²) in [5, 5.41) is 0. The fourth-order valence-corrected chi connectivity index (χ4v) is 1.56. The molecule has 1 rings (SSSR count). The fourth-order valence-electron chi connectivity index (χ4n) is 1.08. The molecule has 1 aromatic rings. The molecular weight excluding hydrogens is 254 g/mol. The van der Waals surface area contributed by atoms with E-state index in [9.17, 15) is 13.2 Å². The minimum absolute atomic E-state index is 0.0666. The Morgan fingerprint density at radius 2 is 1.78 bits per heavy atom. The van der Waals surface area contributed by atoms with Crippen molar-refractivity contribution in [1.82, 2.24) is 0 Å². The number of Topliss-reactive ketones (excluding diaryl/α,β-unsaturated/α-hetero) is 1. The van der Waals surface area contributed by atoms with Gasteiger partial charge in [0.15, 0.2) is 0 Å². The van der Waals surface area contributed by atoms with Crippen molar-refractivity contribution < 1.29 is 23.5 Å². The van der Waals surface area contributed by atoms with Gasteiger partial charge < -0.3 is 10.5 Å². The molecule has 0 saturated carbocycles. The van der Waals surface area contributed by atoms with Crippen LogP contribution in [0.4, 0.5) is 0 Å². The van der Waals surface area contributed by atoms with E-state index in [2.05, 4.69) is 5.73 Å². The summed E-state index contributed by atoms with van der Waals surface area (Å²) in [6.45, 7) is 4.32. The van der Waals surface area contributed by atoms with Crippen molar-refractivity contribution >= 4 is 15.9 Å². The lowest BCUT2D eigenvalue weighted by Crippen LogP contribution is -2.50. The Bertz CT molecular complexity index is 465. The lowest BCUT2D eigenvalue weighted by molar-refractivity contribution is -0.368. The summed E-state index contributed by atoms with van der Waals surface area (Å²) in [5.41, 5.74) is 4.56. The van der Waals surface area contributed by atoms with Crippen LogP contribution in [-0.4, -0.2) is 25.3 Å². The minimum atomic E-state index is -4.02. The van der Waals surface area contributed by atoms with Crippen LogP contribution < -0.4 is 5.73 Å². The van der Waals surface area contributed by atoms with Crippen LogP contribution in [0.1, 0.15) is 25.3 Å². The number of quaternary nitrogens is 1. The molecule has 1 aromatic carbocycles. The largest absolute Gasteiger partial charge is 0.358 e. The molecule has 6 heteroatoms. The zero-order valence-corrected chi connectivity index (χ0v) is 11.5. The second-order valence-electron chi connectivity index (χ2n) is 3.95.